The van der Waals surface area contributed by atoms with Crippen LogP contribution in [0.4, 0.5) is 5.69 Å². The van der Waals surface area contributed by atoms with Crippen molar-refractivity contribution < 1.29 is 9.84 Å². The first-order valence-corrected chi connectivity index (χ1v) is 9.43. The molecular formula is C22H25N3O2. The minimum absolute atomic E-state index is 0.243. The third kappa shape index (κ3) is 3.69. The number of hydrogen-bond donors (Lipinski definition) is 2. The maximum absolute atomic E-state index is 10.0. The molecule has 2 aromatic carbocycles. The van der Waals surface area contributed by atoms with Gasteiger partial charge in [-0.25, -0.2) is 0 Å². The number of pyridine rings is 1. The van der Waals surface area contributed by atoms with Crippen molar-refractivity contribution in [2.75, 3.05) is 31.6 Å². The molecule has 0 bridgehead atoms. The SMILES string of the molecule is COc1ccccc1N1CCNC(CCc2ccc(O)c3ncccc23)C1. The van der Waals surface area contributed by atoms with Gasteiger partial charge in [0.25, 0.3) is 0 Å². The van der Waals surface area contributed by atoms with E-state index in [0.29, 0.717) is 11.6 Å². The van der Waals surface area contributed by atoms with E-state index < -0.39 is 0 Å². The molecule has 4 rings (SSSR count). The smallest absolute Gasteiger partial charge is 0.142 e. The maximum Gasteiger partial charge on any atom is 0.142 e. The van der Waals surface area contributed by atoms with E-state index >= 15 is 0 Å². The van der Waals surface area contributed by atoms with Crippen LogP contribution in [0.2, 0.25) is 0 Å². The summed E-state index contributed by atoms with van der Waals surface area (Å²) < 4.78 is 5.53. The summed E-state index contributed by atoms with van der Waals surface area (Å²) in [6.45, 7) is 2.89. The number of anilines is 1. The van der Waals surface area contributed by atoms with Gasteiger partial charge in [0.2, 0.25) is 0 Å². The summed E-state index contributed by atoms with van der Waals surface area (Å²) in [5, 5.41) is 14.7. The number of aromatic nitrogens is 1. The molecule has 27 heavy (non-hydrogen) atoms. The third-order valence-corrected chi connectivity index (χ3v) is 5.28. The Hall–Kier alpha value is -2.79. The van der Waals surface area contributed by atoms with E-state index in [1.165, 1.54) is 5.56 Å². The first-order valence-electron chi connectivity index (χ1n) is 9.43. The fraction of sp³-hybridized carbons (Fsp3) is 0.318. The van der Waals surface area contributed by atoms with Gasteiger partial charge in [-0.1, -0.05) is 24.3 Å². The summed E-state index contributed by atoms with van der Waals surface area (Å²) in [6, 6.07) is 16.3. The number of phenolic OH excluding ortho intramolecular Hbond substituents is 1. The number of hydrogen-bond acceptors (Lipinski definition) is 5. The number of rotatable bonds is 5. The molecule has 0 radical (unpaired) electrons. The first kappa shape index (κ1) is 17.6. The molecule has 1 saturated heterocycles. The Labute approximate surface area is 159 Å². The van der Waals surface area contributed by atoms with Crippen LogP contribution in [0.5, 0.6) is 11.5 Å². The highest BCUT2D eigenvalue weighted by molar-refractivity contribution is 5.87. The van der Waals surface area contributed by atoms with E-state index in [9.17, 15) is 5.11 Å². The van der Waals surface area contributed by atoms with E-state index in [-0.39, 0.29) is 5.75 Å². The number of ether oxygens (including phenoxy) is 1. The Morgan fingerprint density at radius 1 is 1.19 bits per heavy atom. The zero-order valence-corrected chi connectivity index (χ0v) is 15.6. The van der Waals surface area contributed by atoms with Crippen molar-refractivity contribution in [2.45, 2.75) is 18.9 Å². The van der Waals surface area contributed by atoms with E-state index in [4.69, 9.17) is 4.74 Å². The van der Waals surface area contributed by atoms with Crippen LogP contribution in [-0.4, -0.2) is 42.9 Å². The van der Waals surface area contributed by atoms with Gasteiger partial charge in [-0.2, -0.15) is 0 Å². The molecule has 0 aliphatic carbocycles. The van der Waals surface area contributed by atoms with Crippen LogP contribution in [0.15, 0.2) is 54.7 Å². The number of methoxy groups -OCH3 is 1. The molecular weight excluding hydrogens is 338 g/mol. The molecule has 1 fully saturated rings. The van der Waals surface area contributed by atoms with E-state index in [0.717, 1.165) is 49.3 Å². The van der Waals surface area contributed by atoms with Gasteiger partial charge in [-0.3, -0.25) is 4.98 Å². The van der Waals surface area contributed by atoms with Gasteiger partial charge < -0.3 is 20.1 Å². The number of piperazine rings is 1. The summed E-state index contributed by atoms with van der Waals surface area (Å²) in [5.41, 5.74) is 3.07. The number of benzene rings is 2. The van der Waals surface area contributed by atoms with E-state index in [1.807, 2.05) is 30.3 Å². The molecule has 140 valence electrons. The zero-order chi connectivity index (χ0) is 18.6. The molecule has 0 amide bonds. The molecule has 0 saturated carbocycles. The number of aryl methyl sites for hydroxylation is 1. The van der Waals surface area contributed by atoms with Crippen LogP contribution in [0.25, 0.3) is 10.9 Å². The van der Waals surface area contributed by atoms with Crippen molar-refractivity contribution in [1.82, 2.24) is 10.3 Å². The Balaban J connectivity index is 1.47. The van der Waals surface area contributed by atoms with Gasteiger partial charge in [0.15, 0.2) is 0 Å². The lowest BCUT2D eigenvalue weighted by atomic mass is 9.99. The minimum Gasteiger partial charge on any atom is -0.506 e. The molecule has 1 aromatic heterocycles. The number of aromatic hydroxyl groups is 1. The zero-order valence-electron chi connectivity index (χ0n) is 15.6. The predicted octanol–water partition coefficient (Wildman–Crippen LogP) is 3.36. The highest BCUT2D eigenvalue weighted by Crippen LogP contribution is 2.29. The summed E-state index contributed by atoms with van der Waals surface area (Å²) in [5.74, 6) is 1.17. The monoisotopic (exact) mass is 363 g/mol. The quantitative estimate of drug-likeness (QED) is 0.728. The lowest BCUT2D eigenvalue weighted by Gasteiger charge is -2.36. The second kappa shape index (κ2) is 7.84. The molecule has 1 aliphatic heterocycles. The second-order valence-electron chi connectivity index (χ2n) is 6.95. The lowest BCUT2D eigenvalue weighted by molar-refractivity contribution is 0.403. The van der Waals surface area contributed by atoms with Gasteiger partial charge in [-0.05, 0) is 42.7 Å². The third-order valence-electron chi connectivity index (χ3n) is 5.28. The number of nitrogens with zero attached hydrogens (tertiary/aromatic N) is 2. The minimum atomic E-state index is 0.243. The van der Waals surface area contributed by atoms with E-state index in [1.54, 1.807) is 19.4 Å². The number of nitrogens with one attached hydrogen (secondary N) is 1. The highest BCUT2D eigenvalue weighted by atomic mass is 16.5. The maximum atomic E-state index is 10.0. The topological polar surface area (TPSA) is 57.6 Å². The Bertz CT molecular complexity index is 928. The Kier molecular flexibility index (Phi) is 5.12. The molecule has 2 heterocycles. The summed E-state index contributed by atoms with van der Waals surface area (Å²) in [7, 11) is 1.72. The summed E-state index contributed by atoms with van der Waals surface area (Å²) in [6.07, 6.45) is 3.69. The van der Waals surface area contributed by atoms with Gasteiger partial charge in [0.1, 0.15) is 17.0 Å². The van der Waals surface area contributed by atoms with Crippen molar-refractivity contribution >= 4 is 16.6 Å². The molecule has 5 heteroatoms. The van der Waals surface area contributed by atoms with Crippen molar-refractivity contribution in [3.63, 3.8) is 0 Å². The average molecular weight is 363 g/mol. The predicted molar refractivity (Wildman–Crippen MR) is 109 cm³/mol. The highest BCUT2D eigenvalue weighted by Gasteiger charge is 2.21. The van der Waals surface area contributed by atoms with Crippen LogP contribution < -0.4 is 15.0 Å². The number of para-hydroxylation sites is 2. The van der Waals surface area contributed by atoms with Crippen molar-refractivity contribution in [2.24, 2.45) is 0 Å². The van der Waals surface area contributed by atoms with Crippen molar-refractivity contribution in [3.8, 4) is 11.5 Å². The van der Waals surface area contributed by atoms with E-state index in [2.05, 4.69) is 27.3 Å². The summed E-state index contributed by atoms with van der Waals surface area (Å²) in [4.78, 5) is 6.72. The van der Waals surface area contributed by atoms with Crippen molar-refractivity contribution in [3.05, 3.63) is 60.3 Å². The normalized spacial score (nSPS) is 17.2. The lowest BCUT2D eigenvalue weighted by Crippen LogP contribution is -2.51. The molecule has 3 aromatic rings. The van der Waals surface area contributed by atoms with Crippen LogP contribution in [0, 0.1) is 0 Å². The molecule has 0 spiro atoms. The Morgan fingerprint density at radius 3 is 2.96 bits per heavy atom. The van der Waals surface area contributed by atoms with Crippen molar-refractivity contribution in [1.29, 1.82) is 0 Å². The van der Waals surface area contributed by atoms with Gasteiger partial charge in [-0.15, -0.1) is 0 Å². The first-order chi connectivity index (χ1) is 13.3. The van der Waals surface area contributed by atoms with Crippen LogP contribution in [0.3, 0.4) is 0 Å². The van der Waals surface area contributed by atoms with Crippen LogP contribution in [-0.2, 0) is 6.42 Å². The molecule has 1 unspecified atom stereocenters. The van der Waals surface area contributed by atoms with Crippen LogP contribution >= 0.6 is 0 Å². The molecule has 2 N–H and O–H groups in total. The Morgan fingerprint density at radius 2 is 2.07 bits per heavy atom. The van der Waals surface area contributed by atoms with Gasteiger partial charge in [0, 0.05) is 37.3 Å². The second-order valence-corrected chi connectivity index (χ2v) is 6.95. The fourth-order valence-electron chi connectivity index (χ4n) is 3.89. The molecule has 1 atom stereocenters. The number of phenols is 1. The largest absolute Gasteiger partial charge is 0.506 e. The van der Waals surface area contributed by atoms with Gasteiger partial charge in [0.05, 0.1) is 12.8 Å². The molecule has 5 nitrogen and oxygen atoms in total. The summed E-state index contributed by atoms with van der Waals surface area (Å²) >= 11 is 0. The average Bonchev–Trinajstić information content (AvgIpc) is 2.74. The number of fused-ring (bicyclic) bond motifs is 1. The van der Waals surface area contributed by atoms with Crippen LogP contribution in [0.1, 0.15) is 12.0 Å². The standard InChI is InChI=1S/C22H25N3O2/c1-27-21-7-3-2-6-19(21)25-14-13-23-17(15-25)10-8-16-9-11-20(26)22-18(16)5-4-12-24-22/h2-7,9,11-12,17,23,26H,8,10,13-15H2,1H3. The van der Waals surface area contributed by atoms with Gasteiger partial charge >= 0.3 is 0 Å². The molecule has 1 aliphatic rings. The fourth-order valence-corrected chi connectivity index (χ4v) is 3.89.